The molecule has 0 saturated heterocycles. The van der Waals surface area contributed by atoms with Gasteiger partial charge in [0, 0.05) is 34.6 Å². The monoisotopic (exact) mass is 407 g/mol. The third-order valence-corrected chi connectivity index (χ3v) is 4.13. The molecule has 146 valence electrons. The Morgan fingerprint density at radius 2 is 1.76 bits per heavy atom. The summed E-state index contributed by atoms with van der Waals surface area (Å²) in [5, 5.41) is 4.22. The van der Waals surface area contributed by atoms with Crippen LogP contribution in [0.25, 0.3) is 22.3 Å². The molecule has 0 radical (unpaired) electrons. The van der Waals surface area contributed by atoms with Gasteiger partial charge in [0.2, 0.25) is 0 Å². The predicted octanol–water partition coefficient (Wildman–Crippen LogP) is 4.15. The molecule has 4 rings (SSSR count). The fourth-order valence-electron chi connectivity index (χ4n) is 2.79. The minimum atomic E-state index is -0.305. The lowest BCUT2D eigenvalue weighted by Crippen LogP contribution is -2.21. The quantitative estimate of drug-likeness (QED) is 0.483. The zero-order valence-corrected chi connectivity index (χ0v) is 16.3. The highest BCUT2D eigenvalue weighted by Crippen LogP contribution is 2.27. The number of pyridine rings is 1. The number of rotatable bonds is 5. The first-order chi connectivity index (χ1) is 13.7. The molecule has 0 fully saturated rings. The van der Waals surface area contributed by atoms with Crippen molar-refractivity contribution in [2.24, 2.45) is 0 Å². The molecule has 0 spiro atoms. The fourth-order valence-corrected chi connectivity index (χ4v) is 2.79. The van der Waals surface area contributed by atoms with E-state index in [4.69, 9.17) is 4.98 Å². The number of nitrogens with one attached hydrogen (secondary N) is 2. The summed E-state index contributed by atoms with van der Waals surface area (Å²) < 4.78 is 0. The lowest BCUT2D eigenvalue weighted by Gasteiger charge is -2.11. The van der Waals surface area contributed by atoms with Crippen LogP contribution in [0.4, 0.5) is 11.5 Å². The van der Waals surface area contributed by atoms with Crippen LogP contribution in [0.1, 0.15) is 10.4 Å². The molecule has 0 aliphatic carbocycles. The Kier molecular flexibility index (Phi) is 6.33. The van der Waals surface area contributed by atoms with Crippen LogP contribution < -0.4 is 10.8 Å². The normalized spacial score (nSPS) is 10.2. The topological polar surface area (TPSA) is 89.0 Å². The van der Waals surface area contributed by atoms with Crippen LogP contribution in [0.2, 0.25) is 0 Å². The summed E-state index contributed by atoms with van der Waals surface area (Å²) in [4.78, 5) is 29.9. The van der Waals surface area contributed by atoms with Crippen molar-refractivity contribution in [3.05, 3.63) is 78.6 Å². The molecule has 0 atom stereocenters. The van der Waals surface area contributed by atoms with E-state index in [1.54, 1.807) is 24.5 Å². The number of benzene rings is 2. The highest BCUT2D eigenvalue weighted by atomic mass is 35.5. The van der Waals surface area contributed by atoms with Crippen molar-refractivity contribution in [1.29, 1.82) is 0 Å². The largest absolute Gasteiger partial charge is 0.340 e. The molecular formula is C21H18ClN5O2. The zero-order valence-electron chi connectivity index (χ0n) is 15.5. The Labute approximate surface area is 173 Å². The van der Waals surface area contributed by atoms with E-state index in [2.05, 4.69) is 25.6 Å². The smallest absolute Gasteiger partial charge is 0.274 e. The van der Waals surface area contributed by atoms with Crippen molar-refractivity contribution in [2.75, 3.05) is 12.4 Å². The van der Waals surface area contributed by atoms with Gasteiger partial charge in [0.1, 0.15) is 5.82 Å². The van der Waals surface area contributed by atoms with Gasteiger partial charge in [-0.2, -0.15) is 0 Å². The second-order valence-electron chi connectivity index (χ2n) is 5.99. The van der Waals surface area contributed by atoms with Gasteiger partial charge in [-0.05, 0) is 48.5 Å². The number of anilines is 2. The van der Waals surface area contributed by atoms with Crippen molar-refractivity contribution in [1.82, 2.24) is 20.4 Å². The number of carbonyl (C=O) groups excluding carboxylic acids is 1. The van der Waals surface area contributed by atoms with E-state index >= 15 is 0 Å². The van der Waals surface area contributed by atoms with E-state index in [9.17, 15) is 4.79 Å². The number of hydrogen-bond acceptors (Lipinski definition) is 6. The molecule has 8 heteroatoms. The van der Waals surface area contributed by atoms with Gasteiger partial charge in [-0.25, -0.2) is 15.4 Å². The summed E-state index contributed by atoms with van der Waals surface area (Å²) in [6, 6.07) is 18.6. The molecule has 0 bridgehead atoms. The summed E-state index contributed by atoms with van der Waals surface area (Å²) in [6.45, 7) is 0. The number of fused-ring (bicyclic) bond motifs is 1. The maximum absolute atomic E-state index is 11.8. The van der Waals surface area contributed by atoms with Crippen LogP contribution in [0.3, 0.4) is 0 Å². The lowest BCUT2D eigenvalue weighted by atomic mass is 10.2. The van der Waals surface area contributed by atoms with E-state index in [-0.39, 0.29) is 18.3 Å². The van der Waals surface area contributed by atoms with E-state index in [0.29, 0.717) is 17.2 Å². The number of halogens is 1. The first-order valence-electron chi connectivity index (χ1n) is 8.62. The Hall–Kier alpha value is -3.55. The molecule has 7 nitrogen and oxygen atoms in total. The van der Waals surface area contributed by atoms with Gasteiger partial charge >= 0.3 is 0 Å². The highest BCUT2D eigenvalue weighted by Gasteiger charge is 2.10. The van der Waals surface area contributed by atoms with Crippen LogP contribution in [0.15, 0.2) is 73.1 Å². The van der Waals surface area contributed by atoms with Crippen molar-refractivity contribution < 1.29 is 9.63 Å². The first-order valence-corrected chi connectivity index (χ1v) is 8.62. The Morgan fingerprint density at radius 3 is 2.48 bits per heavy atom. The second-order valence-corrected chi connectivity index (χ2v) is 5.99. The Balaban J connectivity index is 0.00000240. The summed E-state index contributed by atoms with van der Waals surface area (Å²) in [6.07, 6.45) is 3.45. The fraction of sp³-hybridized carbons (Fsp3) is 0.0476. The molecule has 2 aromatic carbocycles. The van der Waals surface area contributed by atoms with Crippen LogP contribution in [-0.4, -0.2) is 28.0 Å². The summed E-state index contributed by atoms with van der Waals surface area (Å²) in [5.74, 6) is 0.962. The van der Waals surface area contributed by atoms with Gasteiger partial charge in [0.05, 0.1) is 12.6 Å². The number of hydroxylamine groups is 1. The number of carbonyl (C=O) groups is 1. The second kappa shape index (κ2) is 9.09. The van der Waals surface area contributed by atoms with Crippen molar-refractivity contribution in [3.63, 3.8) is 0 Å². The summed E-state index contributed by atoms with van der Waals surface area (Å²) >= 11 is 0. The third kappa shape index (κ3) is 4.48. The number of para-hydroxylation sites is 1. The SMILES string of the molecule is CONC(=O)c1ccc(Nc2nc(-c3cccnc3)nc3ccccc23)cc1.Cl. The standard InChI is InChI=1S/C21H17N5O2.ClH/c1-28-26-21(27)14-8-10-16(11-9-14)23-20-17-6-2-3-7-18(17)24-19(25-20)15-5-4-12-22-13-15;/h2-13H,1H3,(H,26,27)(H,23,24,25);1H. The third-order valence-electron chi connectivity index (χ3n) is 4.13. The molecule has 1 amide bonds. The molecule has 0 aliphatic heterocycles. The van der Waals surface area contributed by atoms with Crippen LogP contribution >= 0.6 is 12.4 Å². The number of amides is 1. The lowest BCUT2D eigenvalue weighted by molar-refractivity contribution is 0.0537. The minimum absolute atomic E-state index is 0. The first kappa shape index (κ1) is 20.2. The van der Waals surface area contributed by atoms with E-state index < -0.39 is 0 Å². The molecule has 29 heavy (non-hydrogen) atoms. The average molecular weight is 408 g/mol. The maximum atomic E-state index is 11.8. The van der Waals surface area contributed by atoms with Crippen molar-refractivity contribution >= 4 is 40.7 Å². The van der Waals surface area contributed by atoms with Gasteiger partial charge in [0.15, 0.2) is 5.82 Å². The number of aromatic nitrogens is 3. The molecule has 0 unspecified atom stereocenters. The van der Waals surface area contributed by atoms with Crippen molar-refractivity contribution in [3.8, 4) is 11.4 Å². The molecule has 2 heterocycles. The average Bonchev–Trinajstić information content (AvgIpc) is 2.75. The minimum Gasteiger partial charge on any atom is -0.340 e. The summed E-state index contributed by atoms with van der Waals surface area (Å²) in [7, 11) is 1.40. The molecule has 2 aromatic heterocycles. The zero-order chi connectivity index (χ0) is 19.3. The van der Waals surface area contributed by atoms with Gasteiger partial charge in [-0.1, -0.05) is 12.1 Å². The van der Waals surface area contributed by atoms with Gasteiger partial charge in [0.25, 0.3) is 5.91 Å². The molecule has 4 aromatic rings. The molecular weight excluding hydrogens is 390 g/mol. The molecule has 0 saturated carbocycles. The predicted molar refractivity (Wildman–Crippen MR) is 114 cm³/mol. The van der Waals surface area contributed by atoms with Gasteiger partial charge < -0.3 is 5.32 Å². The van der Waals surface area contributed by atoms with Crippen LogP contribution in [-0.2, 0) is 4.84 Å². The van der Waals surface area contributed by atoms with Crippen LogP contribution in [0, 0.1) is 0 Å². The molecule has 2 N–H and O–H groups in total. The Morgan fingerprint density at radius 1 is 0.966 bits per heavy atom. The van der Waals surface area contributed by atoms with Gasteiger partial charge in [-0.3, -0.25) is 14.6 Å². The highest BCUT2D eigenvalue weighted by molar-refractivity contribution is 5.95. The summed E-state index contributed by atoms with van der Waals surface area (Å²) in [5.41, 5.74) is 5.26. The maximum Gasteiger partial charge on any atom is 0.274 e. The Bertz CT molecular complexity index is 1120. The number of nitrogens with zero attached hydrogens (tertiary/aromatic N) is 3. The molecule has 0 aliphatic rings. The van der Waals surface area contributed by atoms with Gasteiger partial charge in [-0.15, -0.1) is 12.4 Å². The van der Waals surface area contributed by atoms with E-state index in [1.807, 2.05) is 48.5 Å². The van der Waals surface area contributed by atoms with E-state index in [1.165, 1.54) is 7.11 Å². The van der Waals surface area contributed by atoms with E-state index in [0.717, 1.165) is 22.2 Å². The number of hydrogen-bond donors (Lipinski definition) is 2. The van der Waals surface area contributed by atoms with Crippen LogP contribution in [0.5, 0.6) is 0 Å². The van der Waals surface area contributed by atoms with Crippen molar-refractivity contribution in [2.45, 2.75) is 0 Å².